The Bertz CT molecular complexity index is 824. The number of nitrogens with two attached hydrogens (primary N) is 1. The summed E-state index contributed by atoms with van der Waals surface area (Å²) in [6.45, 7) is 2.10. The SMILES string of the molecule is CSc1sc(C(=N)N)cc1-c1nc(-c2ccccc2)c(C)s1.Cl. The largest absolute Gasteiger partial charge is 0.383 e. The second kappa shape index (κ2) is 7.49. The molecule has 1 aromatic carbocycles. The maximum atomic E-state index is 7.63. The van der Waals surface area contributed by atoms with Gasteiger partial charge in [0, 0.05) is 16.0 Å². The molecule has 3 N–H and O–H groups in total. The van der Waals surface area contributed by atoms with Crippen molar-refractivity contribution in [3.05, 3.63) is 46.2 Å². The summed E-state index contributed by atoms with van der Waals surface area (Å²) in [7, 11) is 0. The molecule has 0 bridgehead atoms. The molecule has 7 heteroatoms. The summed E-state index contributed by atoms with van der Waals surface area (Å²) in [6.07, 6.45) is 2.04. The molecule has 0 fully saturated rings. The van der Waals surface area contributed by atoms with Crippen LogP contribution in [0, 0.1) is 12.3 Å². The number of hydrogen-bond acceptors (Lipinski definition) is 5. The fourth-order valence-electron chi connectivity index (χ4n) is 2.18. The van der Waals surface area contributed by atoms with Gasteiger partial charge in [-0.05, 0) is 19.2 Å². The first kappa shape index (κ1) is 18.0. The highest BCUT2D eigenvalue weighted by atomic mass is 35.5. The average molecular weight is 382 g/mol. The fraction of sp³-hybridized carbons (Fsp3) is 0.125. The van der Waals surface area contributed by atoms with E-state index in [9.17, 15) is 0 Å². The molecule has 0 spiro atoms. The Hall–Kier alpha value is -1.34. The lowest BCUT2D eigenvalue weighted by Crippen LogP contribution is -2.08. The topological polar surface area (TPSA) is 62.8 Å². The van der Waals surface area contributed by atoms with Crippen LogP contribution in [0.1, 0.15) is 9.75 Å². The van der Waals surface area contributed by atoms with Gasteiger partial charge in [0.15, 0.2) is 0 Å². The van der Waals surface area contributed by atoms with Crippen molar-refractivity contribution >= 4 is 52.7 Å². The Labute approximate surface area is 153 Å². The van der Waals surface area contributed by atoms with E-state index < -0.39 is 0 Å². The number of aryl methyl sites for hydroxylation is 1. The van der Waals surface area contributed by atoms with Crippen LogP contribution in [0.3, 0.4) is 0 Å². The molecule has 2 heterocycles. The van der Waals surface area contributed by atoms with Crippen molar-refractivity contribution in [3.8, 4) is 21.8 Å². The van der Waals surface area contributed by atoms with E-state index in [2.05, 4.69) is 19.1 Å². The van der Waals surface area contributed by atoms with E-state index in [0.717, 1.165) is 30.9 Å². The molecule has 3 rings (SSSR count). The first-order valence-corrected chi connectivity index (χ1v) is 9.51. The molecule has 0 aliphatic heterocycles. The highest BCUT2D eigenvalue weighted by Gasteiger charge is 2.17. The molecule has 0 aliphatic rings. The Kier molecular flexibility index (Phi) is 5.86. The van der Waals surface area contributed by atoms with Gasteiger partial charge in [-0.2, -0.15) is 0 Å². The number of thiophene rings is 1. The molecule has 23 heavy (non-hydrogen) atoms. The highest BCUT2D eigenvalue weighted by molar-refractivity contribution is 8.00. The summed E-state index contributed by atoms with van der Waals surface area (Å²) < 4.78 is 1.15. The molecule has 0 radical (unpaired) electrons. The zero-order valence-corrected chi connectivity index (χ0v) is 15.9. The molecule has 0 atom stereocenters. The number of aromatic nitrogens is 1. The zero-order chi connectivity index (χ0) is 15.7. The minimum absolute atomic E-state index is 0. The van der Waals surface area contributed by atoms with Crippen LogP contribution >= 0.6 is 46.8 Å². The molecule has 120 valence electrons. The number of nitrogens with zero attached hydrogens (tertiary/aromatic N) is 1. The lowest BCUT2D eigenvalue weighted by Gasteiger charge is -1.97. The van der Waals surface area contributed by atoms with Crippen LogP contribution in [0.15, 0.2) is 40.6 Å². The molecule has 3 nitrogen and oxygen atoms in total. The average Bonchev–Trinajstić information content (AvgIpc) is 3.11. The number of thiazole rings is 1. The number of benzene rings is 1. The van der Waals surface area contributed by atoms with E-state index in [4.69, 9.17) is 16.1 Å². The van der Waals surface area contributed by atoms with Crippen molar-refractivity contribution in [2.45, 2.75) is 11.1 Å². The molecule has 0 saturated heterocycles. The summed E-state index contributed by atoms with van der Waals surface area (Å²) in [5.74, 6) is 0.114. The van der Waals surface area contributed by atoms with Crippen molar-refractivity contribution in [1.29, 1.82) is 5.41 Å². The van der Waals surface area contributed by atoms with Crippen molar-refractivity contribution < 1.29 is 0 Å². The fourth-order valence-corrected chi connectivity index (χ4v) is 5.00. The standard InChI is InChI=1S/C16H15N3S3.ClH/c1-9-13(10-6-4-3-5-7-10)19-15(21-9)11-8-12(14(17)18)22-16(11)20-2;/h3-8H,1-2H3,(H3,17,18);1H. The minimum Gasteiger partial charge on any atom is -0.383 e. The van der Waals surface area contributed by atoms with Gasteiger partial charge >= 0.3 is 0 Å². The second-order valence-corrected chi connectivity index (χ2v) is 8.05. The van der Waals surface area contributed by atoms with Crippen LogP contribution in [-0.4, -0.2) is 17.1 Å². The van der Waals surface area contributed by atoms with E-state index in [1.54, 1.807) is 34.4 Å². The van der Waals surface area contributed by atoms with Gasteiger partial charge in [0.25, 0.3) is 0 Å². The van der Waals surface area contributed by atoms with Crippen LogP contribution in [0.5, 0.6) is 0 Å². The normalized spacial score (nSPS) is 10.3. The molecule has 0 saturated carbocycles. The van der Waals surface area contributed by atoms with Crippen LogP contribution in [0.4, 0.5) is 0 Å². The van der Waals surface area contributed by atoms with Gasteiger partial charge in [-0.3, -0.25) is 5.41 Å². The third-order valence-corrected chi connectivity index (χ3v) is 6.53. The van der Waals surface area contributed by atoms with Crippen molar-refractivity contribution in [3.63, 3.8) is 0 Å². The smallest absolute Gasteiger partial charge is 0.133 e. The van der Waals surface area contributed by atoms with Gasteiger partial charge in [-0.15, -0.1) is 46.8 Å². The second-order valence-electron chi connectivity index (χ2n) is 4.72. The third kappa shape index (κ3) is 3.61. The first-order chi connectivity index (χ1) is 10.6. The molecule has 0 unspecified atom stereocenters. The van der Waals surface area contributed by atoms with E-state index in [-0.39, 0.29) is 18.2 Å². The Morgan fingerprint density at radius 1 is 1.22 bits per heavy atom. The number of rotatable bonds is 4. The Morgan fingerprint density at radius 2 is 1.91 bits per heavy atom. The number of hydrogen-bond donors (Lipinski definition) is 2. The summed E-state index contributed by atoms with van der Waals surface area (Å²) in [6, 6.07) is 12.2. The number of nitrogens with one attached hydrogen (secondary N) is 1. The van der Waals surface area contributed by atoms with E-state index in [1.165, 1.54) is 4.88 Å². The lowest BCUT2D eigenvalue weighted by atomic mass is 10.1. The van der Waals surface area contributed by atoms with Gasteiger partial charge in [-0.25, -0.2) is 4.98 Å². The molecule has 0 amide bonds. The number of nitrogen functional groups attached to an aromatic ring is 1. The van der Waals surface area contributed by atoms with Crippen molar-refractivity contribution in [2.75, 3.05) is 6.26 Å². The van der Waals surface area contributed by atoms with E-state index in [0.29, 0.717) is 0 Å². The zero-order valence-electron chi connectivity index (χ0n) is 12.6. The molecule has 2 aromatic heterocycles. The number of amidine groups is 1. The number of halogens is 1. The van der Waals surface area contributed by atoms with Crippen LogP contribution < -0.4 is 5.73 Å². The molecule has 0 aliphatic carbocycles. The van der Waals surface area contributed by atoms with Gasteiger partial charge in [0.1, 0.15) is 10.8 Å². The predicted octanol–water partition coefficient (Wildman–Crippen LogP) is 5.27. The van der Waals surface area contributed by atoms with E-state index >= 15 is 0 Å². The maximum absolute atomic E-state index is 7.63. The Balaban J connectivity index is 0.00000192. The van der Waals surface area contributed by atoms with Gasteiger partial charge < -0.3 is 5.73 Å². The van der Waals surface area contributed by atoms with Crippen LogP contribution in [0.25, 0.3) is 21.8 Å². The van der Waals surface area contributed by atoms with Crippen molar-refractivity contribution in [1.82, 2.24) is 4.98 Å². The Morgan fingerprint density at radius 3 is 2.52 bits per heavy atom. The van der Waals surface area contributed by atoms with Crippen LogP contribution in [-0.2, 0) is 0 Å². The molecule has 3 aromatic rings. The monoisotopic (exact) mass is 381 g/mol. The first-order valence-electron chi connectivity index (χ1n) is 6.65. The van der Waals surface area contributed by atoms with E-state index in [1.807, 2.05) is 30.5 Å². The van der Waals surface area contributed by atoms with Gasteiger partial charge in [-0.1, -0.05) is 30.3 Å². The molecular weight excluding hydrogens is 366 g/mol. The lowest BCUT2D eigenvalue weighted by molar-refractivity contribution is 1.36. The summed E-state index contributed by atoms with van der Waals surface area (Å²) in [5, 5.41) is 8.62. The summed E-state index contributed by atoms with van der Waals surface area (Å²) in [5.41, 5.74) is 8.87. The molecular formula is C16H16ClN3S3. The third-order valence-electron chi connectivity index (χ3n) is 3.22. The quantitative estimate of drug-likeness (QED) is 0.367. The van der Waals surface area contributed by atoms with Crippen molar-refractivity contribution in [2.24, 2.45) is 5.73 Å². The maximum Gasteiger partial charge on any atom is 0.133 e. The predicted molar refractivity (Wildman–Crippen MR) is 106 cm³/mol. The van der Waals surface area contributed by atoms with Crippen LogP contribution in [0.2, 0.25) is 0 Å². The summed E-state index contributed by atoms with van der Waals surface area (Å²) >= 11 is 4.91. The minimum atomic E-state index is 0. The summed E-state index contributed by atoms with van der Waals surface area (Å²) in [4.78, 5) is 6.83. The van der Waals surface area contributed by atoms with Gasteiger partial charge in [0.2, 0.25) is 0 Å². The van der Waals surface area contributed by atoms with Gasteiger partial charge in [0.05, 0.1) is 14.8 Å². The highest BCUT2D eigenvalue weighted by Crippen LogP contribution is 2.41. The number of thioether (sulfide) groups is 1.